The van der Waals surface area contributed by atoms with Crippen LogP contribution in [0.3, 0.4) is 0 Å². The maximum Gasteiger partial charge on any atom is 0.123 e. The van der Waals surface area contributed by atoms with Crippen LogP contribution in [-0.4, -0.2) is 10.2 Å². The zero-order chi connectivity index (χ0) is 19.4. The minimum absolute atomic E-state index is 0.353. The fraction of sp³-hybridized carbons (Fsp3) is 0.273. The topological polar surface area (TPSA) is 40.5 Å². The zero-order valence-electron chi connectivity index (χ0n) is 15.4. The monoisotopic (exact) mass is 358 g/mol. The number of aliphatic hydroxyl groups is 2. The molecule has 2 nitrogen and oxygen atoms in total. The molecule has 0 aromatic heterocycles. The molecule has 4 heteroatoms. The lowest BCUT2D eigenvalue weighted by Crippen LogP contribution is -2.06. The Morgan fingerprint density at radius 1 is 0.615 bits per heavy atom. The van der Waals surface area contributed by atoms with Gasteiger partial charge in [-0.3, -0.25) is 0 Å². The molecule has 0 aliphatic rings. The van der Waals surface area contributed by atoms with E-state index in [-0.39, 0.29) is 11.6 Å². The van der Waals surface area contributed by atoms with Gasteiger partial charge in [-0.1, -0.05) is 24.3 Å². The fourth-order valence-corrected chi connectivity index (χ4v) is 2.79. The van der Waals surface area contributed by atoms with Gasteiger partial charge in [0, 0.05) is 0 Å². The molecule has 2 N–H and O–H groups in total. The second-order valence-corrected chi connectivity index (χ2v) is 6.52. The van der Waals surface area contributed by atoms with Crippen LogP contribution in [0.5, 0.6) is 0 Å². The van der Waals surface area contributed by atoms with Gasteiger partial charge >= 0.3 is 0 Å². The number of hydrogen-bond donors (Lipinski definition) is 2. The van der Waals surface area contributed by atoms with Crippen LogP contribution in [0.1, 0.15) is 51.0 Å². The van der Waals surface area contributed by atoms with Gasteiger partial charge in [0.25, 0.3) is 0 Å². The second-order valence-electron chi connectivity index (χ2n) is 6.52. The highest BCUT2D eigenvalue weighted by Gasteiger charge is 2.17. The molecule has 0 amide bonds. The first-order valence-corrected chi connectivity index (χ1v) is 8.44. The van der Waals surface area contributed by atoms with Gasteiger partial charge in [0.2, 0.25) is 0 Å². The first-order chi connectivity index (χ1) is 12.2. The van der Waals surface area contributed by atoms with E-state index >= 15 is 0 Å². The first kappa shape index (κ1) is 20.0. The van der Waals surface area contributed by atoms with E-state index in [4.69, 9.17) is 0 Å². The van der Waals surface area contributed by atoms with Crippen molar-refractivity contribution in [2.45, 2.75) is 39.9 Å². The molecule has 0 heterocycles. The summed E-state index contributed by atoms with van der Waals surface area (Å²) in [5.41, 5.74) is 4.35. The summed E-state index contributed by atoms with van der Waals surface area (Å²) in [4.78, 5) is 0. The highest BCUT2D eigenvalue weighted by molar-refractivity contribution is 5.41. The van der Waals surface area contributed by atoms with E-state index in [9.17, 15) is 19.0 Å². The third-order valence-electron chi connectivity index (χ3n) is 4.94. The Labute approximate surface area is 153 Å². The molecule has 2 aromatic carbocycles. The van der Waals surface area contributed by atoms with Gasteiger partial charge in [0.15, 0.2) is 0 Å². The van der Waals surface area contributed by atoms with Crippen molar-refractivity contribution in [1.82, 2.24) is 0 Å². The lowest BCUT2D eigenvalue weighted by Gasteiger charge is -2.20. The van der Waals surface area contributed by atoms with Crippen LogP contribution in [0.2, 0.25) is 0 Å². The highest BCUT2D eigenvalue weighted by atomic mass is 19.1. The van der Waals surface area contributed by atoms with E-state index in [0.717, 1.165) is 22.3 Å². The van der Waals surface area contributed by atoms with E-state index in [1.165, 1.54) is 24.3 Å². The van der Waals surface area contributed by atoms with Crippen LogP contribution < -0.4 is 0 Å². The number of allylic oxidation sites excluding steroid dienone is 2. The third-order valence-corrected chi connectivity index (χ3v) is 4.94. The molecule has 0 fully saturated rings. The summed E-state index contributed by atoms with van der Waals surface area (Å²) in [5.74, 6) is -0.706. The molecule has 26 heavy (non-hydrogen) atoms. The number of rotatable bonds is 5. The summed E-state index contributed by atoms with van der Waals surface area (Å²) in [6, 6.07) is 11.5. The summed E-state index contributed by atoms with van der Waals surface area (Å²) in [6.07, 6.45) is -1.72. The first-order valence-electron chi connectivity index (χ1n) is 8.44. The lowest BCUT2D eigenvalue weighted by atomic mass is 9.90. The molecular weight excluding hydrogens is 334 g/mol. The minimum atomic E-state index is -0.860. The predicted octanol–water partition coefficient (Wildman–Crippen LogP) is 5.40. The van der Waals surface area contributed by atoms with Gasteiger partial charge in [0.05, 0.1) is 0 Å². The second kappa shape index (κ2) is 8.39. The van der Waals surface area contributed by atoms with Crippen molar-refractivity contribution in [1.29, 1.82) is 0 Å². The molecule has 0 radical (unpaired) electrons. The number of aliphatic hydroxyl groups excluding tert-OH is 2. The Bertz CT molecular complexity index is 747. The van der Waals surface area contributed by atoms with Gasteiger partial charge in [-0.25, -0.2) is 8.78 Å². The van der Waals surface area contributed by atoms with Gasteiger partial charge in [-0.15, -0.1) is 0 Å². The standard InChI is InChI=1S/C22H24F2O2/c1-13(15(3)21(25)17-5-9-19(23)10-6-17)14(2)16(4)22(26)18-7-11-20(24)12-8-18/h5-12,21-22,25-26H,1-4H3/b15-13-,16-14-. The third kappa shape index (κ3) is 4.45. The number of benzene rings is 2. The van der Waals surface area contributed by atoms with E-state index in [1.54, 1.807) is 24.3 Å². The molecule has 2 unspecified atom stereocenters. The van der Waals surface area contributed by atoms with Gasteiger partial charge in [-0.2, -0.15) is 0 Å². The maximum atomic E-state index is 13.1. The Kier molecular flexibility index (Phi) is 6.46. The smallest absolute Gasteiger partial charge is 0.123 e. The van der Waals surface area contributed by atoms with Crippen molar-refractivity contribution in [3.05, 3.63) is 93.6 Å². The molecular formula is C22H24F2O2. The van der Waals surface area contributed by atoms with Crippen molar-refractivity contribution < 1.29 is 19.0 Å². The molecule has 0 spiro atoms. The molecule has 0 aliphatic carbocycles. The van der Waals surface area contributed by atoms with Crippen molar-refractivity contribution in [2.75, 3.05) is 0 Å². The molecule has 138 valence electrons. The summed E-state index contributed by atoms with van der Waals surface area (Å²) in [7, 11) is 0. The minimum Gasteiger partial charge on any atom is -0.384 e. The van der Waals surface area contributed by atoms with Crippen LogP contribution in [0.4, 0.5) is 8.78 Å². The van der Waals surface area contributed by atoms with Gasteiger partial charge in [0.1, 0.15) is 23.8 Å². The molecule has 2 rings (SSSR count). The Balaban J connectivity index is 2.33. The van der Waals surface area contributed by atoms with E-state index in [0.29, 0.717) is 11.1 Å². The van der Waals surface area contributed by atoms with E-state index < -0.39 is 12.2 Å². The summed E-state index contributed by atoms with van der Waals surface area (Å²) >= 11 is 0. The molecule has 0 saturated carbocycles. The zero-order valence-corrected chi connectivity index (χ0v) is 15.4. The summed E-state index contributed by atoms with van der Waals surface area (Å²) < 4.78 is 26.1. The SMILES string of the molecule is CC(/C(C)=C(/C)C(O)c1ccc(F)cc1)=C(\C)C(O)c1ccc(F)cc1. The Morgan fingerprint density at radius 2 is 0.885 bits per heavy atom. The largest absolute Gasteiger partial charge is 0.384 e. The number of hydrogen-bond acceptors (Lipinski definition) is 2. The Morgan fingerprint density at radius 3 is 1.15 bits per heavy atom. The maximum absolute atomic E-state index is 13.1. The molecule has 0 bridgehead atoms. The van der Waals surface area contributed by atoms with Crippen LogP contribution in [0.25, 0.3) is 0 Å². The van der Waals surface area contributed by atoms with Crippen LogP contribution in [0.15, 0.2) is 70.8 Å². The van der Waals surface area contributed by atoms with E-state index in [1.807, 2.05) is 27.7 Å². The quantitative estimate of drug-likeness (QED) is 0.702. The summed E-state index contributed by atoms with van der Waals surface area (Å²) in [6.45, 7) is 7.37. The molecule has 0 saturated heterocycles. The van der Waals surface area contributed by atoms with Gasteiger partial charge in [-0.05, 0) is 85.4 Å². The van der Waals surface area contributed by atoms with Gasteiger partial charge < -0.3 is 10.2 Å². The number of halogens is 2. The van der Waals surface area contributed by atoms with Crippen molar-refractivity contribution in [3.8, 4) is 0 Å². The predicted molar refractivity (Wildman–Crippen MR) is 99.5 cm³/mol. The highest BCUT2D eigenvalue weighted by Crippen LogP contribution is 2.31. The van der Waals surface area contributed by atoms with Crippen molar-refractivity contribution in [2.24, 2.45) is 0 Å². The molecule has 2 aromatic rings. The van der Waals surface area contributed by atoms with Crippen LogP contribution in [-0.2, 0) is 0 Å². The van der Waals surface area contributed by atoms with Crippen LogP contribution in [0, 0.1) is 11.6 Å². The molecule has 2 atom stereocenters. The fourth-order valence-electron chi connectivity index (χ4n) is 2.79. The van der Waals surface area contributed by atoms with Crippen molar-refractivity contribution >= 4 is 0 Å². The normalized spacial score (nSPS) is 15.8. The lowest BCUT2D eigenvalue weighted by molar-refractivity contribution is 0.212. The average Bonchev–Trinajstić information content (AvgIpc) is 2.65. The average molecular weight is 358 g/mol. The van der Waals surface area contributed by atoms with Crippen molar-refractivity contribution in [3.63, 3.8) is 0 Å². The van der Waals surface area contributed by atoms with E-state index in [2.05, 4.69) is 0 Å². The Hall–Kier alpha value is -2.30. The van der Waals surface area contributed by atoms with Crippen LogP contribution >= 0.6 is 0 Å². The summed E-state index contributed by atoms with van der Waals surface area (Å²) in [5, 5.41) is 21.1. The molecule has 0 aliphatic heterocycles.